The fraction of sp³-hybridized carbons (Fsp3) is 0.357. The van der Waals surface area contributed by atoms with Gasteiger partial charge in [0, 0.05) is 6.42 Å². The van der Waals surface area contributed by atoms with Crippen molar-refractivity contribution in [2.75, 3.05) is 19.0 Å². The molecule has 0 radical (unpaired) electrons. The lowest BCUT2D eigenvalue weighted by Crippen LogP contribution is -2.18. The van der Waals surface area contributed by atoms with Crippen molar-refractivity contribution in [3.05, 3.63) is 29.6 Å². The number of hydrogen-bond acceptors (Lipinski definition) is 5. The third kappa shape index (κ3) is 4.87. The highest BCUT2D eigenvalue weighted by Crippen LogP contribution is 2.20. The van der Waals surface area contributed by atoms with Crippen molar-refractivity contribution >= 4 is 23.5 Å². The molecular weight excluding hydrogens is 281 g/mol. The summed E-state index contributed by atoms with van der Waals surface area (Å²) < 4.78 is 22.9. The Labute approximate surface area is 121 Å². The fourth-order valence-electron chi connectivity index (χ4n) is 1.57. The molecule has 114 valence electrons. The minimum atomic E-state index is -0.862. The Kier molecular flexibility index (Phi) is 6.32. The smallest absolute Gasteiger partial charge is 0.343 e. The van der Waals surface area contributed by atoms with Crippen molar-refractivity contribution in [2.45, 2.75) is 19.8 Å². The molecule has 0 bridgehead atoms. The topological polar surface area (TPSA) is 81.7 Å². The molecule has 1 amide bonds. The summed E-state index contributed by atoms with van der Waals surface area (Å²) in [5.74, 6) is -2.72. The van der Waals surface area contributed by atoms with Gasteiger partial charge in [0.05, 0.1) is 25.8 Å². The van der Waals surface area contributed by atoms with E-state index >= 15 is 0 Å². The van der Waals surface area contributed by atoms with Crippen molar-refractivity contribution in [1.29, 1.82) is 0 Å². The molecule has 0 unspecified atom stereocenters. The second-order valence-corrected chi connectivity index (χ2v) is 4.01. The maximum Gasteiger partial charge on any atom is 0.343 e. The number of methoxy groups -OCH3 is 1. The first kappa shape index (κ1) is 16.6. The van der Waals surface area contributed by atoms with Gasteiger partial charge in [-0.1, -0.05) is 6.07 Å². The largest absolute Gasteiger partial charge is 0.469 e. The minimum Gasteiger partial charge on any atom is -0.469 e. The average Bonchev–Trinajstić information content (AvgIpc) is 2.45. The Morgan fingerprint density at radius 1 is 1.24 bits per heavy atom. The van der Waals surface area contributed by atoms with Crippen molar-refractivity contribution in [2.24, 2.45) is 0 Å². The van der Waals surface area contributed by atoms with E-state index in [0.29, 0.717) is 0 Å². The second-order valence-electron chi connectivity index (χ2n) is 4.01. The standard InChI is InChI=1S/C14H16FNO5/c1-3-21-14(19)13-9(15)5-4-6-10(13)16-11(17)7-8-12(18)20-2/h4-6H,3,7-8H2,1-2H3,(H,16,17). The quantitative estimate of drug-likeness (QED) is 0.811. The zero-order valence-corrected chi connectivity index (χ0v) is 11.8. The van der Waals surface area contributed by atoms with Gasteiger partial charge in [0.25, 0.3) is 0 Å². The van der Waals surface area contributed by atoms with Gasteiger partial charge in [-0.05, 0) is 19.1 Å². The Hall–Kier alpha value is -2.44. The van der Waals surface area contributed by atoms with Crippen LogP contribution in [-0.2, 0) is 19.1 Å². The van der Waals surface area contributed by atoms with E-state index in [2.05, 4.69) is 10.1 Å². The summed E-state index contributed by atoms with van der Waals surface area (Å²) in [5, 5.41) is 2.38. The van der Waals surface area contributed by atoms with Crippen LogP contribution in [0.4, 0.5) is 10.1 Å². The number of carbonyl (C=O) groups excluding carboxylic acids is 3. The van der Waals surface area contributed by atoms with Gasteiger partial charge in [-0.15, -0.1) is 0 Å². The summed E-state index contributed by atoms with van der Waals surface area (Å²) in [6.07, 6.45) is -0.238. The normalized spacial score (nSPS) is 9.86. The molecule has 0 aromatic heterocycles. The molecule has 1 aromatic rings. The van der Waals surface area contributed by atoms with Gasteiger partial charge in [0.15, 0.2) is 0 Å². The van der Waals surface area contributed by atoms with E-state index in [-0.39, 0.29) is 30.7 Å². The van der Waals surface area contributed by atoms with Crippen LogP contribution in [0.3, 0.4) is 0 Å². The molecule has 0 atom stereocenters. The van der Waals surface area contributed by atoms with E-state index in [9.17, 15) is 18.8 Å². The lowest BCUT2D eigenvalue weighted by Gasteiger charge is -2.11. The molecule has 1 rings (SSSR count). The first-order valence-electron chi connectivity index (χ1n) is 6.31. The predicted octanol–water partition coefficient (Wildman–Crippen LogP) is 1.89. The van der Waals surface area contributed by atoms with E-state index in [1.54, 1.807) is 6.92 Å². The third-order valence-electron chi connectivity index (χ3n) is 2.55. The number of rotatable bonds is 6. The first-order chi connectivity index (χ1) is 9.99. The summed E-state index contributed by atoms with van der Waals surface area (Å²) in [5.41, 5.74) is -0.339. The van der Waals surface area contributed by atoms with Crippen LogP contribution in [0.2, 0.25) is 0 Å². The molecular formula is C14H16FNO5. The zero-order chi connectivity index (χ0) is 15.8. The number of esters is 2. The van der Waals surface area contributed by atoms with Crippen LogP contribution in [0.1, 0.15) is 30.1 Å². The highest BCUT2D eigenvalue weighted by Gasteiger charge is 2.19. The SMILES string of the molecule is CCOC(=O)c1c(F)cccc1NC(=O)CCC(=O)OC. The summed E-state index contributed by atoms with van der Waals surface area (Å²) in [7, 11) is 1.21. The van der Waals surface area contributed by atoms with Gasteiger partial charge in [-0.2, -0.15) is 0 Å². The van der Waals surface area contributed by atoms with E-state index in [1.807, 2.05) is 0 Å². The molecule has 0 aliphatic carbocycles. The lowest BCUT2D eigenvalue weighted by atomic mass is 10.1. The molecule has 1 aromatic carbocycles. The van der Waals surface area contributed by atoms with E-state index in [1.165, 1.54) is 19.2 Å². The Bertz CT molecular complexity index is 544. The molecule has 6 nitrogen and oxygen atoms in total. The highest BCUT2D eigenvalue weighted by atomic mass is 19.1. The van der Waals surface area contributed by atoms with Crippen LogP contribution in [0.15, 0.2) is 18.2 Å². The molecule has 1 N–H and O–H groups in total. The number of amides is 1. The number of carbonyl (C=O) groups is 3. The van der Waals surface area contributed by atoms with Gasteiger partial charge in [0.2, 0.25) is 5.91 Å². The maximum atomic E-state index is 13.7. The van der Waals surface area contributed by atoms with E-state index < -0.39 is 23.7 Å². The van der Waals surface area contributed by atoms with Crippen LogP contribution in [0.25, 0.3) is 0 Å². The predicted molar refractivity (Wildman–Crippen MR) is 72.2 cm³/mol. The van der Waals surface area contributed by atoms with Gasteiger partial charge in [-0.25, -0.2) is 9.18 Å². The summed E-state index contributed by atoms with van der Waals surface area (Å²) in [6.45, 7) is 1.68. The molecule has 0 heterocycles. The van der Waals surface area contributed by atoms with Gasteiger partial charge in [-0.3, -0.25) is 9.59 Å². The average molecular weight is 297 g/mol. The summed E-state index contributed by atoms with van der Waals surface area (Å²) in [6, 6.07) is 3.83. The zero-order valence-electron chi connectivity index (χ0n) is 11.8. The Balaban J connectivity index is 2.83. The first-order valence-corrected chi connectivity index (χ1v) is 6.31. The van der Waals surface area contributed by atoms with Gasteiger partial charge < -0.3 is 14.8 Å². The molecule has 0 fully saturated rings. The van der Waals surface area contributed by atoms with Crippen LogP contribution >= 0.6 is 0 Å². The Morgan fingerprint density at radius 3 is 2.57 bits per heavy atom. The minimum absolute atomic E-state index is 0.00307. The van der Waals surface area contributed by atoms with Crippen LogP contribution in [0.5, 0.6) is 0 Å². The number of ether oxygens (including phenoxy) is 2. The highest BCUT2D eigenvalue weighted by molar-refractivity contribution is 6.01. The summed E-state index contributed by atoms with van der Waals surface area (Å²) in [4.78, 5) is 34.3. The van der Waals surface area contributed by atoms with Gasteiger partial charge >= 0.3 is 11.9 Å². The van der Waals surface area contributed by atoms with Crippen LogP contribution < -0.4 is 5.32 Å². The molecule has 0 saturated heterocycles. The van der Waals surface area contributed by atoms with Gasteiger partial charge in [0.1, 0.15) is 11.4 Å². The lowest BCUT2D eigenvalue weighted by molar-refractivity contribution is -0.141. The number of anilines is 1. The van der Waals surface area contributed by atoms with Crippen LogP contribution in [0, 0.1) is 5.82 Å². The molecule has 0 saturated carbocycles. The molecule has 0 spiro atoms. The molecule has 21 heavy (non-hydrogen) atoms. The number of halogens is 1. The molecule has 0 aliphatic heterocycles. The van der Waals surface area contributed by atoms with Crippen molar-refractivity contribution < 1.29 is 28.2 Å². The number of nitrogens with one attached hydrogen (secondary N) is 1. The fourth-order valence-corrected chi connectivity index (χ4v) is 1.57. The number of benzene rings is 1. The molecule has 7 heteroatoms. The third-order valence-corrected chi connectivity index (χ3v) is 2.55. The van der Waals surface area contributed by atoms with E-state index in [0.717, 1.165) is 6.07 Å². The van der Waals surface area contributed by atoms with Crippen molar-refractivity contribution in [1.82, 2.24) is 0 Å². The monoisotopic (exact) mass is 297 g/mol. The maximum absolute atomic E-state index is 13.7. The second kappa shape index (κ2) is 7.98. The Morgan fingerprint density at radius 2 is 1.95 bits per heavy atom. The van der Waals surface area contributed by atoms with Crippen molar-refractivity contribution in [3.8, 4) is 0 Å². The van der Waals surface area contributed by atoms with Crippen LogP contribution in [-0.4, -0.2) is 31.6 Å². The van der Waals surface area contributed by atoms with E-state index in [4.69, 9.17) is 4.74 Å². The summed E-state index contributed by atoms with van der Waals surface area (Å²) >= 11 is 0. The number of hydrogen-bond donors (Lipinski definition) is 1. The molecule has 0 aliphatic rings. The van der Waals surface area contributed by atoms with Crippen molar-refractivity contribution in [3.63, 3.8) is 0 Å².